The fraction of sp³-hybridized carbons (Fsp3) is 0.467. The highest BCUT2D eigenvalue weighted by Crippen LogP contribution is 2.18. The van der Waals surface area contributed by atoms with Crippen molar-refractivity contribution in [3.63, 3.8) is 0 Å². The molecule has 0 spiro atoms. The zero-order valence-corrected chi connectivity index (χ0v) is 13.5. The zero-order chi connectivity index (χ0) is 16.1. The van der Waals surface area contributed by atoms with Crippen LogP contribution in [0.3, 0.4) is 0 Å². The van der Waals surface area contributed by atoms with Gasteiger partial charge in [0.1, 0.15) is 18.5 Å². The molecule has 3 rings (SSSR count). The first-order valence-corrected chi connectivity index (χ1v) is 8.03. The van der Waals surface area contributed by atoms with Crippen molar-refractivity contribution in [2.75, 3.05) is 25.0 Å². The molecule has 2 aromatic rings. The second-order valence-electron chi connectivity index (χ2n) is 5.77. The van der Waals surface area contributed by atoms with Crippen LogP contribution < -0.4 is 5.32 Å². The lowest BCUT2D eigenvalue weighted by molar-refractivity contribution is -0.117. The van der Waals surface area contributed by atoms with Crippen LogP contribution in [0.2, 0.25) is 5.02 Å². The molecule has 0 bridgehead atoms. The van der Waals surface area contributed by atoms with Crippen LogP contribution in [0.25, 0.3) is 0 Å². The van der Waals surface area contributed by atoms with Gasteiger partial charge in [-0.3, -0.25) is 14.4 Å². The minimum atomic E-state index is -0.0544. The van der Waals surface area contributed by atoms with E-state index in [9.17, 15) is 4.79 Å². The molecule has 122 valence electrons. The fourth-order valence-electron chi connectivity index (χ4n) is 2.87. The third-order valence-electron chi connectivity index (χ3n) is 3.88. The molecular weight excluding hydrogens is 316 g/mol. The Morgan fingerprint density at radius 2 is 2.35 bits per heavy atom. The van der Waals surface area contributed by atoms with Gasteiger partial charge in [-0.2, -0.15) is 5.10 Å². The molecule has 1 aliphatic heterocycles. The first-order chi connectivity index (χ1) is 11.2. The molecule has 0 unspecified atom stereocenters. The molecule has 2 aromatic heterocycles. The van der Waals surface area contributed by atoms with E-state index in [0.29, 0.717) is 23.3 Å². The van der Waals surface area contributed by atoms with Crippen LogP contribution in [0.1, 0.15) is 12.8 Å². The first kappa shape index (κ1) is 15.9. The number of carbonyl (C=O) groups excluding carboxylic acids is 1. The number of aromatic nitrogens is 4. The Balaban J connectivity index is 1.48. The summed E-state index contributed by atoms with van der Waals surface area (Å²) in [4.78, 5) is 22.4. The van der Waals surface area contributed by atoms with Gasteiger partial charge in [0.2, 0.25) is 5.91 Å². The Bertz CT molecular complexity index is 630. The molecule has 3 heterocycles. The molecule has 0 saturated carbocycles. The normalized spacial score (nSPS) is 18.7. The van der Waals surface area contributed by atoms with Gasteiger partial charge in [-0.1, -0.05) is 11.6 Å². The molecule has 1 saturated heterocycles. The highest BCUT2D eigenvalue weighted by atomic mass is 35.5. The van der Waals surface area contributed by atoms with E-state index in [4.69, 9.17) is 11.6 Å². The maximum Gasteiger partial charge on any atom is 0.239 e. The first-order valence-electron chi connectivity index (χ1n) is 7.65. The molecule has 8 heteroatoms. The van der Waals surface area contributed by atoms with E-state index in [1.807, 2.05) is 4.68 Å². The Morgan fingerprint density at radius 1 is 1.43 bits per heavy atom. The van der Waals surface area contributed by atoms with Gasteiger partial charge in [-0.25, -0.2) is 9.97 Å². The summed E-state index contributed by atoms with van der Waals surface area (Å²) in [6, 6.07) is 3.41. The van der Waals surface area contributed by atoms with E-state index >= 15 is 0 Å². The van der Waals surface area contributed by atoms with E-state index in [1.54, 1.807) is 24.8 Å². The van der Waals surface area contributed by atoms with Crippen molar-refractivity contribution in [1.29, 1.82) is 0 Å². The lowest BCUT2D eigenvalue weighted by atomic mass is 9.98. The number of nitrogens with zero attached hydrogens (tertiary/aromatic N) is 5. The van der Waals surface area contributed by atoms with Gasteiger partial charge in [0.05, 0.1) is 11.6 Å². The number of pyridine rings is 1. The Kier molecular flexibility index (Phi) is 5.19. The van der Waals surface area contributed by atoms with E-state index in [-0.39, 0.29) is 5.91 Å². The number of piperidine rings is 1. The molecule has 1 N–H and O–H groups in total. The van der Waals surface area contributed by atoms with Crippen molar-refractivity contribution in [2.45, 2.75) is 19.4 Å². The summed E-state index contributed by atoms with van der Waals surface area (Å²) in [6.45, 7) is 3.05. The van der Waals surface area contributed by atoms with Crippen LogP contribution >= 0.6 is 11.6 Å². The van der Waals surface area contributed by atoms with E-state index in [0.717, 1.165) is 32.5 Å². The second-order valence-corrected chi connectivity index (χ2v) is 6.21. The zero-order valence-electron chi connectivity index (χ0n) is 12.7. The Labute approximate surface area is 139 Å². The van der Waals surface area contributed by atoms with Gasteiger partial charge in [0.15, 0.2) is 0 Å². The summed E-state index contributed by atoms with van der Waals surface area (Å²) in [5, 5.41) is 7.50. The topological polar surface area (TPSA) is 75.9 Å². The number of hydrogen-bond acceptors (Lipinski definition) is 5. The number of likely N-dealkylation sites (tertiary alicyclic amines) is 1. The third-order valence-corrected chi connectivity index (χ3v) is 4.10. The van der Waals surface area contributed by atoms with Crippen molar-refractivity contribution in [3.05, 3.63) is 36.0 Å². The highest BCUT2D eigenvalue weighted by Gasteiger charge is 2.22. The van der Waals surface area contributed by atoms with Crippen molar-refractivity contribution in [2.24, 2.45) is 5.92 Å². The molecule has 23 heavy (non-hydrogen) atoms. The number of rotatable bonds is 5. The average Bonchev–Trinajstić information content (AvgIpc) is 3.03. The van der Waals surface area contributed by atoms with Gasteiger partial charge < -0.3 is 5.32 Å². The monoisotopic (exact) mass is 334 g/mol. The fourth-order valence-corrected chi connectivity index (χ4v) is 2.98. The van der Waals surface area contributed by atoms with Crippen LogP contribution in [0, 0.1) is 5.92 Å². The molecule has 0 radical (unpaired) electrons. The standard InChI is InChI=1S/C15H19ClN6O/c16-13-3-4-14(18-6-13)20-15(23)9-21-5-1-2-12(7-21)8-22-11-17-10-19-22/h3-4,6,10-12H,1-2,5,7-9H2,(H,18,20,23)/t12-/m0/s1. The maximum atomic E-state index is 12.1. The van der Waals surface area contributed by atoms with E-state index in [1.165, 1.54) is 6.20 Å². The van der Waals surface area contributed by atoms with Crippen molar-refractivity contribution in [3.8, 4) is 0 Å². The van der Waals surface area contributed by atoms with Crippen LogP contribution in [0.5, 0.6) is 0 Å². The summed E-state index contributed by atoms with van der Waals surface area (Å²) < 4.78 is 1.85. The molecule has 1 aliphatic rings. The Hall–Kier alpha value is -1.99. The van der Waals surface area contributed by atoms with Crippen molar-refractivity contribution in [1.82, 2.24) is 24.6 Å². The maximum absolute atomic E-state index is 12.1. The quantitative estimate of drug-likeness (QED) is 0.900. The highest BCUT2D eigenvalue weighted by molar-refractivity contribution is 6.30. The molecule has 1 fully saturated rings. The summed E-state index contributed by atoms with van der Waals surface area (Å²) in [7, 11) is 0. The SMILES string of the molecule is O=C(CN1CCC[C@H](Cn2cncn2)C1)Nc1ccc(Cl)cn1. The van der Waals surface area contributed by atoms with Gasteiger partial charge in [0.25, 0.3) is 0 Å². The largest absolute Gasteiger partial charge is 0.310 e. The van der Waals surface area contributed by atoms with Gasteiger partial charge in [0, 0.05) is 19.3 Å². The lowest BCUT2D eigenvalue weighted by Gasteiger charge is -2.32. The number of amides is 1. The van der Waals surface area contributed by atoms with Gasteiger partial charge in [-0.05, 0) is 37.4 Å². The van der Waals surface area contributed by atoms with Crippen LogP contribution in [0.4, 0.5) is 5.82 Å². The summed E-state index contributed by atoms with van der Waals surface area (Å²) in [6.07, 6.45) is 7.04. The van der Waals surface area contributed by atoms with Crippen molar-refractivity contribution >= 4 is 23.3 Å². The predicted octanol–water partition coefficient (Wildman–Crippen LogP) is 1.68. The number of carbonyl (C=O) groups is 1. The molecule has 0 aliphatic carbocycles. The summed E-state index contributed by atoms with van der Waals surface area (Å²) in [5.41, 5.74) is 0. The van der Waals surface area contributed by atoms with Gasteiger partial charge >= 0.3 is 0 Å². The Morgan fingerprint density at radius 3 is 3.09 bits per heavy atom. The number of hydrogen-bond donors (Lipinski definition) is 1. The molecule has 0 aromatic carbocycles. The molecule has 1 amide bonds. The van der Waals surface area contributed by atoms with E-state index in [2.05, 4.69) is 25.3 Å². The minimum absolute atomic E-state index is 0.0544. The number of nitrogens with one attached hydrogen (secondary N) is 1. The smallest absolute Gasteiger partial charge is 0.239 e. The predicted molar refractivity (Wildman–Crippen MR) is 87.1 cm³/mol. The average molecular weight is 335 g/mol. The summed E-state index contributed by atoms with van der Waals surface area (Å²) in [5.74, 6) is 0.962. The molecular formula is C15H19ClN6O. The second kappa shape index (κ2) is 7.52. The lowest BCUT2D eigenvalue weighted by Crippen LogP contribution is -2.41. The minimum Gasteiger partial charge on any atom is -0.310 e. The van der Waals surface area contributed by atoms with Crippen LogP contribution in [0.15, 0.2) is 31.0 Å². The number of anilines is 1. The molecule has 7 nitrogen and oxygen atoms in total. The van der Waals surface area contributed by atoms with Crippen LogP contribution in [-0.2, 0) is 11.3 Å². The summed E-state index contributed by atoms with van der Waals surface area (Å²) >= 11 is 5.78. The van der Waals surface area contributed by atoms with Gasteiger partial charge in [-0.15, -0.1) is 0 Å². The van der Waals surface area contributed by atoms with Crippen molar-refractivity contribution < 1.29 is 4.79 Å². The number of halogens is 1. The van der Waals surface area contributed by atoms with Crippen LogP contribution in [-0.4, -0.2) is 50.2 Å². The third kappa shape index (κ3) is 4.74. The molecule has 1 atom stereocenters. The van der Waals surface area contributed by atoms with E-state index < -0.39 is 0 Å².